The van der Waals surface area contributed by atoms with Crippen LogP contribution in [0.25, 0.3) is 0 Å². The van der Waals surface area contributed by atoms with E-state index >= 15 is 0 Å². The fourth-order valence-electron chi connectivity index (χ4n) is 1.87. The van der Waals surface area contributed by atoms with Crippen molar-refractivity contribution in [2.45, 2.75) is 12.5 Å². The highest BCUT2D eigenvalue weighted by molar-refractivity contribution is 7.91. The van der Waals surface area contributed by atoms with E-state index in [1.165, 1.54) is 12.4 Å². The number of nitrogens with one attached hydrogen (secondary N) is 2. The quantitative estimate of drug-likeness (QED) is 0.493. The summed E-state index contributed by atoms with van der Waals surface area (Å²) in [4.78, 5) is 15.8. The number of nitrogens with zero attached hydrogens (tertiary/aromatic N) is 1. The van der Waals surface area contributed by atoms with Crippen LogP contribution in [0, 0.1) is 0 Å². The van der Waals surface area contributed by atoms with Gasteiger partial charge >= 0.3 is 0 Å². The molecule has 1 atom stereocenters. The zero-order valence-corrected chi connectivity index (χ0v) is 10.4. The summed E-state index contributed by atoms with van der Waals surface area (Å²) < 4.78 is 22.6. The van der Waals surface area contributed by atoms with Gasteiger partial charge < -0.3 is 10.7 Å². The molecular formula is C10H14N4O3S. The molecule has 7 nitrogen and oxygen atoms in total. The number of carbonyl (C=O) groups is 1. The van der Waals surface area contributed by atoms with Crippen LogP contribution in [0.4, 0.5) is 5.69 Å². The molecule has 1 aliphatic heterocycles. The maximum absolute atomic E-state index is 11.9. The highest BCUT2D eigenvalue weighted by atomic mass is 32.2. The average molecular weight is 270 g/mol. The van der Waals surface area contributed by atoms with Gasteiger partial charge in [-0.3, -0.25) is 15.6 Å². The Kier molecular flexibility index (Phi) is 3.48. The van der Waals surface area contributed by atoms with Crippen molar-refractivity contribution in [2.75, 3.05) is 16.9 Å². The van der Waals surface area contributed by atoms with Crippen LogP contribution in [0.3, 0.4) is 0 Å². The summed E-state index contributed by atoms with van der Waals surface area (Å²) in [5.74, 6) is 5.02. The second-order valence-corrected chi connectivity index (χ2v) is 6.37. The molecule has 98 valence electrons. The molecule has 4 N–H and O–H groups in total. The fraction of sp³-hybridized carbons (Fsp3) is 0.400. The number of hydrazine groups is 1. The van der Waals surface area contributed by atoms with Crippen molar-refractivity contribution in [3.8, 4) is 0 Å². The molecule has 8 heteroatoms. The molecule has 18 heavy (non-hydrogen) atoms. The molecule has 0 bridgehead atoms. The minimum absolute atomic E-state index is 0.00953. The smallest absolute Gasteiger partial charge is 0.255 e. The summed E-state index contributed by atoms with van der Waals surface area (Å²) in [6, 6.07) is 1.23. The Bertz CT molecular complexity index is 558. The highest BCUT2D eigenvalue weighted by Gasteiger charge is 2.29. The molecule has 0 spiro atoms. The lowest BCUT2D eigenvalue weighted by Gasteiger charge is -2.12. The van der Waals surface area contributed by atoms with E-state index < -0.39 is 9.84 Å². The summed E-state index contributed by atoms with van der Waals surface area (Å²) in [7, 11) is -3.01. The third-order valence-electron chi connectivity index (χ3n) is 2.79. The number of anilines is 1. The van der Waals surface area contributed by atoms with Crippen LogP contribution in [0.15, 0.2) is 18.5 Å². The van der Waals surface area contributed by atoms with E-state index in [9.17, 15) is 13.2 Å². The lowest BCUT2D eigenvalue weighted by molar-refractivity contribution is 0.0941. The van der Waals surface area contributed by atoms with Gasteiger partial charge in [0.15, 0.2) is 9.84 Å². The van der Waals surface area contributed by atoms with Gasteiger partial charge in [-0.2, -0.15) is 0 Å². The Balaban J connectivity index is 2.09. The van der Waals surface area contributed by atoms with Crippen molar-refractivity contribution < 1.29 is 13.2 Å². The molecule has 1 aliphatic rings. The first-order valence-electron chi connectivity index (χ1n) is 5.44. The number of sulfone groups is 1. The predicted molar refractivity (Wildman–Crippen MR) is 66.6 cm³/mol. The maximum atomic E-state index is 11.9. The van der Waals surface area contributed by atoms with Gasteiger partial charge in [0.05, 0.1) is 22.8 Å². The molecule has 0 saturated carbocycles. The standard InChI is InChI=1S/C10H14N4O3S/c11-14-9-1-3-12-5-8(9)10(15)13-7-2-4-18(16,17)6-7/h1,3,5,7H,2,4,6,11H2,(H,12,14)(H,13,15). The maximum Gasteiger partial charge on any atom is 0.255 e. The van der Waals surface area contributed by atoms with E-state index in [1.807, 2.05) is 0 Å². The third-order valence-corrected chi connectivity index (χ3v) is 4.56. The van der Waals surface area contributed by atoms with E-state index in [0.29, 0.717) is 17.7 Å². The number of nitrogens with two attached hydrogens (primary N) is 1. The van der Waals surface area contributed by atoms with Crippen molar-refractivity contribution in [1.29, 1.82) is 0 Å². The Labute approximate surface area is 105 Å². The molecule has 2 heterocycles. The van der Waals surface area contributed by atoms with E-state index in [4.69, 9.17) is 5.84 Å². The first-order chi connectivity index (χ1) is 8.52. The van der Waals surface area contributed by atoms with Crippen LogP contribution in [0.1, 0.15) is 16.8 Å². The van der Waals surface area contributed by atoms with E-state index in [1.54, 1.807) is 6.07 Å². The minimum atomic E-state index is -3.01. The zero-order chi connectivity index (χ0) is 13.2. The first kappa shape index (κ1) is 12.8. The van der Waals surface area contributed by atoms with Crippen LogP contribution in [-0.2, 0) is 9.84 Å². The number of amides is 1. The van der Waals surface area contributed by atoms with Gasteiger partial charge in [0.2, 0.25) is 0 Å². The van der Waals surface area contributed by atoms with Gasteiger partial charge in [-0.15, -0.1) is 0 Å². The molecule has 1 unspecified atom stereocenters. The van der Waals surface area contributed by atoms with Gasteiger partial charge in [-0.05, 0) is 12.5 Å². The van der Waals surface area contributed by atoms with Crippen LogP contribution < -0.4 is 16.6 Å². The summed E-state index contributed by atoms with van der Waals surface area (Å²) in [5, 5.41) is 2.67. The van der Waals surface area contributed by atoms with E-state index in [0.717, 1.165) is 0 Å². The summed E-state index contributed by atoms with van der Waals surface area (Å²) >= 11 is 0. The van der Waals surface area contributed by atoms with E-state index in [-0.39, 0.29) is 23.5 Å². The largest absolute Gasteiger partial charge is 0.348 e. The predicted octanol–water partition coefficient (Wildman–Crippen LogP) is -0.716. The molecule has 1 aromatic rings. The van der Waals surface area contributed by atoms with Crippen molar-refractivity contribution in [2.24, 2.45) is 5.84 Å². The molecule has 1 amide bonds. The average Bonchev–Trinajstić information content (AvgIpc) is 2.68. The molecule has 0 aliphatic carbocycles. The summed E-state index contributed by atoms with van der Waals surface area (Å²) in [5.41, 5.74) is 3.14. The van der Waals surface area contributed by atoms with Gasteiger partial charge in [-0.1, -0.05) is 0 Å². The highest BCUT2D eigenvalue weighted by Crippen LogP contribution is 2.15. The van der Waals surface area contributed by atoms with Crippen molar-refractivity contribution in [3.05, 3.63) is 24.0 Å². The lowest BCUT2D eigenvalue weighted by Crippen LogP contribution is -2.36. The SMILES string of the molecule is NNc1ccncc1C(=O)NC1CCS(=O)(=O)C1. The van der Waals surface area contributed by atoms with Crippen LogP contribution in [0.2, 0.25) is 0 Å². The number of hydrogen-bond donors (Lipinski definition) is 3. The van der Waals surface area contributed by atoms with Crippen molar-refractivity contribution in [1.82, 2.24) is 10.3 Å². The van der Waals surface area contributed by atoms with Gasteiger partial charge in [0, 0.05) is 18.4 Å². The monoisotopic (exact) mass is 270 g/mol. The second kappa shape index (κ2) is 4.91. The Hall–Kier alpha value is -1.67. The molecule has 1 fully saturated rings. The number of carbonyl (C=O) groups excluding carboxylic acids is 1. The molecule has 2 rings (SSSR count). The zero-order valence-electron chi connectivity index (χ0n) is 9.59. The van der Waals surface area contributed by atoms with Crippen molar-refractivity contribution >= 4 is 21.4 Å². The number of aromatic nitrogens is 1. The Morgan fingerprint density at radius 2 is 2.28 bits per heavy atom. The Morgan fingerprint density at radius 3 is 2.89 bits per heavy atom. The second-order valence-electron chi connectivity index (χ2n) is 4.14. The number of pyridine rings is 1. The summed E-state index contributed by atoms with van der Waals surface area (Å²) in [6.45, 7) is 0. The van der Waals surface area contributed by atoms with Gasteiger partial charge in [0.25, 0.3) is 5.91 Å². The Morgan fingerprint density at radius 1 is 1.50 bits per heavy atom. The number of nitrogen functional groups attached to an aromatic ring is 1. The number of rotatable bonds is 3. The van der Waals surface area contributed by atoms with E-state index in [2.05, 4.69) is 15.7 Å². The topological polar surface area (TPSA) is 114 Å². The molecule has 0 aromatic carbocycles. The fourth-order valence-corrected chi connectivity index (χ4v) is 3.55. The first-order valence-corrected chi connectivity index (χ1v) is 7.26. The lowest BCUT2D eigenvalue weighted by atomic mass is 10.2. The van der Waals surface area contributed by atoms with Crippen LogP contribution in [-0.4, -0.2) is 36.9 Å². The molecule has 1 saturated heterocycles. The van der Waals surface area contributed by atoms with Gasteiger partial charge in [-0.25, -0.2) is 8.42 Å². The molecule has 0 radical (unpaired) electrons. The third kappa shape index (κ3) is 2.77. The number of hydrogen-bond acceptors (Lipinski definition) is 6. The van der Waals surface area contributed by atoms with Crippen LogP contribution in [0.5, 0.6) is 0 Å². The van der Waals surface area contributed by atoms with Gasteiger partial charge in [0.1, 0.15) is 0 Å². The summed E-state index contributed by atoms with van der Waals surface area (Å²) in [6.07, 6.45) is 3.33. The molecule has 1 aromatic heterocycles. The normalized spacial score (nSPS) is 21.5. The van der Waals surface area contributed by atoms with Crippen molar-refractivity contribution in [3.63, 3.8) is 0 Å². The van der Waals surface area contributed by atoms with Crippen LogP contribution >= 0.6 is 0 Å². The molecular weight excluding hydrogens is 256 g/mol. The minimum Gasteiger partial charge on any atom is -0.348 e.